The summed E-state index contributed by atoms with van der Waals surface area (Å²) in [6.45, 7) is 9.16. The van der Waals surface area contributed by atoms with Gasteiger partial charge < -0.3 is 4.52 Å². The van der Waals surface area contributed by atoms with Gasteiger partial charge in [-0.3, -0.25) is 0 Å². The van der Waals surface area contributed by atoms with E-state index in [1.807, 2.05) is 19.9 Å². The first-order chi connectivity index (χ1) is 10.6. The Hall–Kier alpha value is -1.78. The van der Waals surface area contributed by atoms with Gasteiger partial charge in [0.05, 0.1) is 11.3 Å². The number of aromatic nitrogens is 1. The van der Waals surface area contributed by atoms with Gasteiger partial charge in [0.2, 0.25) is 0 Å². The molecule has 1 fully saturated rings. The van der Waals surface area contributed by atoms with Crippen molar-refractivity contribution in [3.05, 3.63) is 52.4 Å². The van der Waals surface area contributed by atoms with Crippen LogP contribution < -0.4 is 0 Å². The molecule has 2 nitrogen and oxygen atoms in total. The maximum atomic E-state index is 12.2. The topological polar surface area (TPSA) is 26.0 Å². The zero-order valence-electron chi connectivity index (χ0n) is 14.3. The fraction of sp³-hybridized carbons (Fsp3) is 0.500. The molecule has 128 valence electrons. The summed E-state index contributed by atoms with van der Waals surface area (Å²) in [6.07, 6.45) is -1.25. The average molecular weight is 327 g/mol. The van der Waals surface area contributed by atoms with E-state index in [4.69, 9.17) is 4.52 Å². The Labute approximate surface area is 135 Å². The van der Waals surface area contributed by atoms with Gasteiger partial charge in [0.1, 0.15) is 5.76 Å². The predicted octanol–water partition coefficient (Wildman–Crippen LogP) is 6.03. The minimum absolute atomic E-state index is 0.271. The normalized spacial score (nSPS) is 13.6. The smallest absolute Gasteiger partial charge is 0.361 e. The van der Waals surface area contributed by atoms with Crippen molar-refractivity contribution in [3.63, 3.8) is 0 Å². The quantitative estimate of drug-likeness (QED) is 0.590. The van der Waals surface area contributed by atoms with Crippen LogP contribution in [0.1, 0.15) is 47.9 Å². The van der Waals surface area contributed by atoms with Gasteiger partial charge in [-0.2, -0.15) is 13.2 Å². The zero-order valence-corrected chi connectivity index (χ0v) is 14.3. The number of hydrogen-bond donors (Lipinski definition) is 0. The van der Waals surface area contributed by atoms with Gasteiger partial charge in [-0.15, -0.1) is 0 Å². The second-order valence-corrected chi connectivity index (χ2v) is 6.08. The van der Waals surface area contributed by atoms with E-state index >= 15 is 0 Å². The Morgan fingerprint density at radius 1 is 1.04 bits per heavy atom. The highest BCUT2D eigenvalue weighted by molar-refractivity contribution is 5.32. The Morgan fingerprint density at radius 2 is 1.61 bits per heavy atom. The third-order valence-electron chi connectivity index (χ3n) is 3.31. The zero-order chi connectivity index (χ0) is 17.6. The minimum Gasteiger partial charge on any atom is -0.361 e. The lowest BCUT2D eigenvalue weighted by Gasteiger charge is -2.10. The van der Waals surface area contributed by atoms with Gasteiger partial charge >= 0.3 is 6.18 Å². The molecule has 0 bridgehead atoms. The molecule has 0 atom stereocenters. The number of aryl methyl sites for hydroxylation is 4. The molecule has 1 heterocycles. The van der Waals surface area contributed by atoms with Crippen molar-refractivity contribution in [1.82, 2.24) is 5.16 Å². The molecule has 1 saturated carbocycles. The Balaban J connectivity index is 0.000000200. The van der Waals surface area contributed by atoms with Crippen molar-refractivity contribution in [2.24, 2.45) is 5.92 Å². The highest BCUT2D eigenvalue weighted by atomic mass is 19.4. The number of rotatable bonds is 0. The summed E-state index contributed by atoms with van der Waals surface area (Å²) >= 11 is 0. The van der Waals surface area contributed by atoms with Gasteiger partial charge in [-0.25, -0.2) is 0 Å². The molecule has 2 aromatic rings. The summed E-state index contributed by atoms with van der Waals surface area (Å²) in [5.41, 5.74) is 1.31. The Morgan fingerprint density at radius 3 is 1.87 bits per heavy atom. The molecule has 1 aromatic carbocycles. The Bertz CT molecular complexity index is 596. The molecule has 0 spiro atoms. The first-order valence-electron chi connectivity index (χ1n) is 7.64. The van der Waals surface area contributed by atoms with Gasteiger partial charge in [-0.05, 0) is 45.2 Å². The SMILES string of the molecule is CC1CC1.Cc1cc(C)on1.Cc1ccc(C)c(C(F)(F)F)c1. The predicted molar refractivity (Wildman–Crippen MR) is 85.3 cm³/mol. The van der Waals surface area contributed by atoms with Crippen LogP contribution in [0.3, 0.4) is 0 Å². The lowest BCUT2D eigenvalue weighted by atomic mass is 10.1. The van der Waals surface area contributed by atoms with E-state index in [9.17, 15) is 13.2 Å². The molecule has 0 radical (unpaired) electrons. The van der Waals surface area contributed by atoms with Crippen LogP contribution in [0.25, 0.3) is 0 Å². The van der Waals surface area contributed by atoms with E-state index < -0.39 is 11.7 Å². The number of nitrogens with zero attached hydrogens (tertiary/aromatic N) is 1. The van der Waals surface area contributed by atoms with Crippen molar-refractivity contribution in [2.75, 3.05) is 0 Å². The summed E-state index contributed by atoms with van der Waals surface area (Å²) in [4.78, 5) is 0. The average Bonchev–Trinajstić information content (AvgIpc) is 3.13. The largest absolute Gasteiger partial charge is 0.416 e. The molecule has 0 unspecified atom stereocenters. The number of benzene rings is 1. The van der Waals surface area contributed by atoms with E-state index in [1.54, 1.807) is 13.0 Å². The molecule has 1 aliphatic rings. The molecule has 0 amide bonds. The van der Waals surface area contributed by atoms with Crippen molar-refractivity contribution < 1.29 is 17.7 Å². The number of halogens is 3. The maximum Gasteiger partial charge on any atom is 0.416 e. The first kappa shape index (κ1) is 19.3. The summed E-state index contributed by atoms with van der Waals surface area (Å²) in [7, 11) is 0. The summed E-state index contributed by atoms with van der Waals surface area (Å²) in [5.74, 6) is 1.96. The van der Waals surface area contributed by atoms with Gasteiger partial charge in [-0.1, -0.05) is 42.6 Å². The molecule has 3 rings (SSSR count). The molecular formula is C18H24F3NO. The van der Waals surface area contributed by atoms with Crippen LogP contribution in [-0.2, 0) is 6.18 Å². The molecule has 1 aromatic heterocycles. The van der Waals surface area contributed by atoms with Crippen LogP contribution in [0.15, 0.2) is 28.8 Å². The lowest BCUT2D eigenvalue weighted by molar-refractivity contribution is -0.138. The maximum absolute atomic E-state index is 12.2. The number of hydrogen-bond acceptors (Lipinski definition) is 2. The van der Waals surface area contributed by atoms with Crippen LogP contribution in [0.2, 0.25) is 0 Å². The molecule has 0 saturated heterocycles. The summed E-state index contributed by atoms with van der Waals surface area (Å²) in [6, 6.07) is 6.21. The second-order valence-electron chi connectivity index (χ2n) is 6.08. The third-order valence-corrected chi connectivity index (χ3v) is 3.31. The van der Waals surface area contributed by atoms with Crippen LogP contribution in [0.4, 0.5) is 13.2 Å². The van der Waals surface area contributed by atoms with Crippen LogP contribution in [0.5, 0.6) is 0 Å². The van der Waals surface area contributed by atoms with Crippen LogP contribution in [0, 0.1) is 33.6 Å². The van der Waals surface area contributed by atoms with Crippen molar-refractivity contribution in [2.45, 2.75) is 53.6 Å². The molecule has 5 heteroatoms. The van der Waals surface area contributed by atoms with Gasteiger partial charge in [0, 0.05) is 6.07 Å². The number of alkyl halides is 3. The van der Waals surface area contributed by atoms with Crippen molar-refractivity contribution in [1.29, 1.82) is 0 Å². The summed E-state index contributed by atoms with van der Waals surface area (Å²) in [5, 5.41) is 3.64. The molecule has 1 aliphatic carbocycles. The molecule has 23 heavy (non-hydrogen) atoms. The van der Waals surface area contributed by atoms with Crippen LogP contribution in [-0.4, -0.2) is 5.16 Å². The lowest BCUT2D eigenvalue weighted by Crippen LogP contribution is -2.07. The van der Waals surface area contributed by atoms with Crippen molar-refractivity contribution >= 4 is 0 Å². The van der Waals surface area contributed by atoms with Crippen molar-refractivity contribution in [3.8, 4) is 0 Å². The van der Waals surface area contributed by atoms with Crippen LogP contribution >= 0.6 is 0 Å². The first-order valence-corrected chi connectivity index (χ1v) is 7.64. The van der Waals surface area contributed by atoms with Gasteiger partial charge in [0.25, 0.3) is 0 Å². The molecular weight excluding hydrogens is 303 g/mol. The van der Waals surface area contributed by atoms with E-state index in [0.717, 1.165) is 23.4 Å². The monoisotopic (exact) mass is 327 g/mol. The standard InChI is InChI=1S/C9H9F3.C5H7NO.C4H8/c1-6-3-4-7(2)8(5-6)9(10,11)12;1-4-3-5(2)7-6-4;1-4-2-3-4/h3-5H,1-2H3;3H,1-2H3;4H,2-3H2,1H3. The van der Waals surface area contributed by atoms with Gasteiger partial charge in [0.15, 0.2) is 0 Å². The van der Waals surface area contributed by atoms with E-state index in [-0.39, 0.29) is 5.56 Å². The van der Waals surface area contributed by atoms with E-state index in [1.165, 1.54) is 25.8 Å². The molecule has 0 N–H and O–H groups in total. The van der Waals surface area contributed by atoms with E-state index in [2.05, 4.69) is 12.1 Å². The van der Waals surface area contributed by atoms with E-state index in [0.29, 0.717) is 5.56 Å². The minimum atomic E-state index is -4.23. The fourth-order valence-corrected chi connectivity index (χ4v) is 1.70. The Kier molecular flexibility index (Phi) is 6.85. The highest BCUT2D eigenvalue weighted by Crippen LogP contribution is 2.32. The third kappa shape index (κ3) is 7.86. The summed E-state index contributed by atoms with van der Waals surface area (Å²) < 4.78 is 41.4. The highest BCUT2D eigenvalue weighted by Gasteiger charge is 2.31. The fourth-order valence-electron chi connectivity index (χ4n) is 1.70. The molecule has 0 aliphatic heterocycles. The second kappa shape index (κ2) is 8.18.